The molecule has 2 aromatic rings. The smallest absolute Gasteiger partial charge is 0.240 e. The standard InChI is InChI=1S/C22H26N2O4S/c1-28-19-6-2-4-16(14-19)5-3-12-23-29(26,27)20-9-10-21-18(15-20)11-13-24(21)22(25)17-7-8-17/h2,4,6,9-10,14-15,17,23H,3,5,7-8,11-13H2,1H3. The highest BCUT2D eigenvalue weighted by Crippen LogP contribution is 2.37. The van der Waals surface area contributed by atoms with E-state index < -0.39 is 10.0 Å². The second-order valence-electron chi connectivity index (χ2n) is 7.66. The van der Waals surface area contributed by atoms with Gasteiger partial charge in [-0.2, -0.15) is 0 Å². The lowest BCUT2D eigenvalue weighted by Gasteiger charge is -2.17. The molecule has 7 heteroatoms. The Morgan fingerprint density at radius 1 is 1.21 bits per heavy atom. The number of amides is 1. The zero-order valence-electron chi connectivity index (χ0n) is 16.6. The fourth-order valence-corrected chi connectivity index (χ4v) is 4.86. The lowest BCUT2D eigenvalue weighted by Crippen LogP contribution is -2.30. The molecule has 6 nitrogen and oxygen atoms in total. The number of rotatable bonds is 8. The number of anilines is 1. The molecule has 1 fully saturated rings. The van der Waals surface area contributed by atoms with Gasteiger partial charge in [0.25, 0.3) is 0 Å². The van der Waals surface area contributed by atoms with Gasteiger partial charge in [0.1, 0.15) is 5.75 Å². The molecule has 0 atom stereocenters. The second kappa shape index (κ2) is 8.16. The summed E-state index contributed by atoms with van der Waals surface area (Å²) in [4.78, 5) is 14.4. The number of carbonyl (C=O) groups is 1. The predicted molar refractivity (Wildman–Crippen MR) is 112 cm³/mol. The number of aryl methyl sites for hydroxylation is 1. The van der Waals surface area contributed by atoms with E-state index in [1.807, 2.05) is 29.2 Å². The van der Waals surface area contributed by atoms with Crippen LogP contribution in [-0.2, 0) is 27.7 Å². The molecule has 0 unspecified atom stereocenters. The van der Waals surface area contributed by atoms with E-state index in [-0.39, 0.29) is 16.7 Å². The molecule has 0 radical (unpaired) electrons. The van der Waals surface area contributed by atoms with E-state index in [4.69, 9.17) is 4.74 Å². The van der Waals surface area contributed by atoms with Gasteiger partial charge < -0.3 is 9.64 Å². The largest absolute Gasteiger partial charge is 0.497 e. The minimum Gasteiger partial charge on any atom is -0.497 e. The average molecular weight is 415 g/mol. The second-order valence-corrected chi connectivity index (χ2v) is 9.42. The number of methoxy groups -OCH3 is 1. The summed E-state index contributed by atoms with van der Waals surface area (Å²) in [6, 6.07) is 12.9. The van der Waals surface area contributed by atoms with Crippen LogP contribution in [0.2, 0.25) is 0 Å². The molecule has 1 N–H and O–H groups in total. The van der Waals surface area contributed by atoms with Gasteiger partial charge in [0.15, 0.2) is 0 Å². The van der Waals surface area contributed by atoms with Crippen molar-refractivity contribution in [3.63, 3.8) is 0 Å². The van der Waals surface area contributed by atoms with Gasteiger partial charge in [0.05, 0.1) is 12.0 Å². The van der Waals surface area contributed by atoms with Gasteiger partial charge in [-0.25, -0.2) is 13.1 Å². The topological polar surface area (TPSA) is 75.7 Å². The van der Waals surface area contributed by atoms with Gasteiger partial charge in [-0.1, -0.05) is 12.1 Å². The molecule has 0 spiro atoms. The van der Waals surface area contributed by atoms with E-state index >= 15 is 0 Å². The van der Waals surface area contributed by atoms with E-state index in [0.29, 0.717) is 25.9 Å². The van der Waals surface area contributed by atoms with Crippen LogP contribution in [-0.4, -0.2) is 34.5 Å². The first-order valence-corrected chi connectivity index (χ1v) is 11.5. The van der Waals surface area contributed by atoms with Gasteiger partial charge in [-0.3, -0.25) is 4.79 Å². The molecule has 1 saturated carbocycles. The number of ether oxygens (including phenoxy) is 1. The van der Waals surface area contributed by atoms with Crippen molar-refractivity contribution in [2.75, 3.05) is 25.1 Å². The molecule has 4 rings (SSSR count). The Labute approximate surface area is 171 Å². The van der Waals surface area contributed by atoms with E-state index in [2.05, 4.69) is 4.72 Å². The fourth-order valence-electron chi connectivity index (χ4n) is 3.74. The Balaban J connectivity index is 1.36. The van der Waals surface area contributed by atoms with Crippen molar-refractivity contribution in [2.45, 2.75) is 37.0 Å². The van der Waals surface area contributed by atoms with Crippen molar-refractivity contribution in [3.05, 3.63) is 53.6 Å². The summed E-state index contributed by atoms with van der Waals surface area (Å²) in [5, 5.41) is 0. The Bertz CT molecular complexity index is 1020. The van der Waals surface area contributed by atoms with Crippen LogP contribution in [0.25, 0.3) is 0 Å². The number of nitrogens with zero attached hydrogens (tertiary/aromatic N) is 1. The Morgan fingerprint density at radius 2 is 2.03 bits per heavy atom. The number of sulfonamides is 1. The number of hydrogen-bond acceptors (Lipinski definition) is 4. The molecule has 0 saturated heterocycles. The molecule has 1 aliphatic carbocycles. The van der Waals surface area contributed by atoms with Crippen LogP contribution < -0.4 is 14.4 Å². The molecule has 2 aromatic carbocycles. The molecule has 154 valence electrons. The van der Waals surface area contributed by atoms with Crippen molar-refractivity contribution in [1.82, 2.24) is 4.72 Å². The molecule has 0 bridgehead atoms. The Morgan fingerprint density at radius 3 is 2.79 bits per heavy atom. The van der Waals surface area contributed by atoms with E-state index in [1.54, 1.807) is 25.3 Å². The third-order valence-corrected chi connectivity index (χ3v) is 6.98. The average Bonchev–Trinajstić information content (AvgIpc) is 3.50. The van der Waals surface area contributed by atoms with Crippen molar-refractivity contribution in [3.8, 4) is 5.75 Å². The number of hydrogen-bond donors (Lipinski definition) is 1. The van der Waals surface area contributed by atoms with Crippen molar-refractivity contribution in [2.24, 2.45) is 5.92 Å². The van der Waals surface area contributed by atoms with Crippen LogP contribution in [0.4, 0.5) is 5.69 Å². The summed E-state index contributed by atoms with van der Waals surface area (Å²) in [6.07, 6.45) is 4.10. The normalized spacial score (nSPS) is 16.0. The number of fused-ring (bicyclic) bond motifs is 1. The molecular weight excluding hydrogens is 388 g/mol. The molecule has 2 aliphatic rings. The number of carbonyl (C=O) groups excluding carboxylic acids is 1. The summed E-state index contributed by atoms with van der Waals surface area (Å²) < 4.78 is 33.2. The van der Waals surface area contributed by atoms with Crippen LogP contribution in [0, 0.1) is 5.92 Å². The maximum atomic E-state index is 12.7. The summed E-state index contributed by atoms with van der Waals surface area (Å²) in [6.45, 7) is 1.01. The zero-order chi connectivity index (χ0) is 20.4. The third kappa shape index (κ3) is 4.46. The van der Waals surface area contributed by atoms with Crippen LogP contribution in [0.5, 0.6) is 5.75 Å². The van der Waals surface area contributed by atoms with Gasteiger partial charge >= 0.3 is 0 Å². The van der Waals surface area contributed by atoms with E-state index in [9.17, 15) is 13.2 Å². The highest BCUT2D eigenvalue weighted by Gasteiger charge is 2.36. The Kier molecular flexibility index (Phi) is 5.61. The first kappa shape index (κ1) is 19.9. The van der Waals surface area contributed by atoms with Crippen LogP contribution in [0.15, 0.2) is 47.4 Å². The minimum absolute atomic E-state index is 0.163. The highest BCUT2D eigenvalue weighted by molar-refractivity contribution is 7.89. The summed E-state index contributed by atoms with van der Waals surface area (Å²) >= 11 is 0. The van der Waals surface area contributed by atoms with Crippen molar-refractivity contribution < 1.29 is 17.9 Å². The first-order chi connectivity index (χ1) is 14.0. The molecule has 0 aromatic heterocycles. The Hall–Kier alpha value is -2.38. The molecular formula is C22H26N2O4S. The van der Waals surface area contributed by atoms with Gasteiger partial charge in [-0.05, 0) is 73.6 Å². The summed E-state index contributed by atoms with van der Waals surface area (Å²) in [7, 11) is -1.94. The number of nitrogens with one attached hydrogen (secondary N) is 1. The van der Waals surface area contributed by atoms with Gasteiger partial charge in [0, 0.05) is 24.7 Å². The fraction of sp³-hybridized carbons (Fsp3) is 0.409. The van der Waals surface area contributed by atoms with Crippen LogP contribution in [0.1, 0.15) is 30.4 Å². The number of benzene rings is 2. The molecule has 1 amide bonds. The highest BCUT2D eigenvalue weighted by atomic mass is 32.2. The van der Waals surface area contributed by atoms with Crippen molar-refractivity contribution >= 4 is 21.6 Å². The summed E-state index contributed by atoms with van der Waals surface area (Å²) in [5.41, 5.74) is 2.90. The first-order valence-electron chi connectivity index (χ1n) is 10.0. The third-order valence-electron chi connectivity index (χ3n) is 5.52. The van der Waals surface area contributed by atoms with Gasteiger partial charge in [-0.15, -0.1) is 0 Å². The van der Waals surface area contributed by atoms with E-state index in [1.165, 1.54) is 0 Å². The maximum Gasteiger partial charge on any atom is 0.240 e. The molecule has 29 heavy (non-hydrogen) atoms. The maximum absolute atomic E-state index is 12.7. The molecule has 1 heterocycles. The van der Waals surface area contributed by atoms with Crippen LogP contribution >= 0.6 is 0 Å². The minimum atomic E-state index is -3.57. The SMILES string of the molecule is COc1cccc(CCCNS(=O)(=O)c2ccc3c(c2)CCN3C(=O)C2CC2)c1. The lowest BCUT2D eigenvalue weighted by molar-refractivity contribution is -0.119. The van der Waals surface area contributed by atoms with Crippen LogP contribution in [0.3, 0.4) is 0 Å². The van der Waals surface area contributed by atoms with E-state index in [0.717, 1.165) is 41.8 Å². The lowest BCUT2D eigenvalue weighted by atomic mass is 10.1. The monoisotopic (exact) mass is 414 g/mol. The quantitative estimate of drug-likeness (QED) is 0.674. The summed E-state index contributed by atoms with van der Waals surface area (Å²) in [5.74, 6) is 1.14. The van der Waals surface area contributed by atoms with Crippen molar-refractivity contribution in [1.29, 1.82) is 0 Å². The molecule has 1 aliphatic heterocycles. The zero-order valence-corrected chi connectivity index (χ0v) is 17.4. The predicted octanol–water partition coefficient (Wildman–Crippen LogP) is 2.91. The van der Waals surface area contributed by atoms with Gasteiger partial charge in [0.2, 0.25) is 15.9 Å².